The molecule has 0 fully saturated rings. The zero-order valence-corrected chi connectivity index (χ0v) is 20.0. The smallest absolute Gasteiger partial charge is 0.253 e. The normalized spacial score (nSPS) is 12.1. The molecule has 1 unspecified atom stereocenters. The van der Waals surface area contributed by atoms with E-state index in [2.05, 4.69) is 21.9 Å². The van der Waals surface area contributed by atoms with E-state index in [0.29, 0.717) is 34.0 Å². The van der Waals surface area contributed by atoms with Crippen molar-refractivity contribution in [1.82, 2.24) is 10.0 Å². The first kappa shape index (κ1) is 25.9. The van der Waals surface area contributed by atoms with E-state index in [1.54, 1.807) is 60.3 Å². The number of carbonyl (C=O) groups is 2. The van der Waals surface area contributed by atoms with Crippen LogP contribution in [-0.4, -0.2) is 44.8 Å². The van der Waals surface area contributed by atoms with Crippen molar-refractivity contribution < 1.29 is 18.0 Å². The second kappa shape index (κ2) is 12.6. The minimum absolute atomic E-state index is 0.161. The summed E-state index contributed by atoms with van der Waals surface area (Å²) in [5.74, 6) is -0.300. The Bertz CT molecular complexity index is 1040. The molecule has 0 aliphatic carbocycles. The Balaban J connectivity index is 2.05. The standard InChI is InChI=1S/C22H26ClN3O4S2/c1-3-13-24-32(29,30)15-16-8-10-17(11-9-16)25-22(28)20(12-14-31-2)26-21(27)18-6-4-5-7-19(18)23/h3-11,20,24H,1,12-15H2,2H3,(H,25,28)(H,26,27). The van der Waals surface area contributed by atoms with Gasteiger partial charge in [-0.05, 0) is 48.3 Å². The summed E-state index contributed by atoms with van der Waals surface area (Å²) < 4.78 is 26.4. The maximum absolute atomic E-state index is 12.8. The third-order valence-corrected chi connectivity index (χ3v) is 6.67. The molecule has 2 aromatic carbocycles. The lowest BCUT2D eigenvalue weighted by Gasteiger charge is -2.19. The Morgan fingerprint density at radius 2 is 1.84 bits per heavy atom. The van der Waals surface area contributed by atoms with Crippen molar-refractivity contribution in [3.8, 4) is 0 Å². The molecule has 2 aromatic rings. The Hall–Kier alpha value is -2.33. The van der Waals surface area contributed by atoms with Crippen LogP contribution in [0.3, 0.4) is 0 Å². The molecule has 7 nitrogen and oxygen atoms in total. The highest BCUT2D eigenvalue weighted by atomic mass is 35.5. The highest BCUT2D eigenvalue weighted by molar-refractivity contribution is 7.98. The number of hydrogen-bond donors (Lipinski definition) is 3. The predicted octanol–water partition coefficient (Wildman–Crippen LogP) is 3.44. The van der Waals surface area contributed by atoms with Crippen molar-refractivity contribution >= 4 is 50.9 Å². The van der Waals surface area contributed by atoms with E-state index < -0.39 is 22.0 Å². The highest BCUT2D eigenvalue weighted by Crippen LogP contribution is 2.16. The summed E-state index contributed by atoms with van der Waals surface area (Å²) in [4.78, 5) is 25.4. The number of thioether (sulfide) groups is 1. The lowest BCUT2D eigenvalue weighted by atomic mass is 10.1. The van der Waals surface area contributed by atoms with Gasteiger partial charge in [-0.15, -0.1) is 6.58 Å². The molecule has 0 radical (unpaired) electrons. The minimum atomic E-state index is -3.47. The molecular weight excluding hydrogens is 470 g/mol. The maximum atomic E-state index is 12.8. The summed E-state index contributed by atoms with van der Waals surface area (Å²) in [6.07, 6.45) is 3.82. The number of anilines is 1. The molecule has 32 heavy (non-hydrogen) atoms. The second-order valence-electron chi connectivity index (χ2n) is 6.87. The van der Waals surface area contributed by atoms with Gasteiger partial charge < -0.3 is 10.6 Å². The third-order valence-electron chi connectivity index (χ3n) is 4.38. The second-order valence-corrected chi connectivity index (χ2v) is 10.1. The summed E-state index contributed by atoms with van der Waals surface area (Å²) >= 11 is 7.65. The van der Waals surface area contributed by atoms with Crippen molar-refractivity contribution in [2.75, 3.05) is 23.9 Å². The molecular formula is C22H26ClN3O4S2. The van der Waals surface area contributed by atoms with Gasteiger partial charge in [0.15, 0.2) is 0 Å². The molecule has 0 saturated carbocycles. The van der Waals surface area contributed by atoms with Gasteiger partial charge in [-0.3, -0.25) is 9.59 Å². The number of nitrogens with one attached hydrogen (secondary N) is 3. The first-order valence-corrected chi connectivity index (χ1v) is 13.2. The highest BCUT2D eigenvalue weighted by Gasteiger charge is 2.22. The van der Waals surface area contributed by atoms with Crippen LogP contribution in [0.25, 0.3) is 0 Å². The van der Waals surface area contributed by atoms with Crippen LogP contribution in [-0.2, 0) is 20.6 Å². The van der Waals surface area contributed by atoms with Crippen LogP contribution in [0.2, 0.25) is 5.02 Å². The quantitative estimate of drug-likeness (QED) is 0.391. The SMILES string of the molecule is C=CCNS(=O)(=O)Cc1ccc(NC(=O)C(CCSC)NC(=O)c2ccccc2Cl)cc1. The van der Waals surface area contributed by atoms with Crippen LogP contribution in [0.1, 0.15) is 22.3 Å². The predicted molar refractivity (Wildman–Crippen MR) is 132 cm³/mol. The van der Waals surface area contributed by atoms with E-state index in [0.717, 1.165) is 0 Å². The fraction of sp³-hybridized carbons (Fsp3) is 0.273. The number of amides is 2. The number of halogens is 1. The molecule has 3 N–H and O–H groups in total. The van der Waals surface area contributed by atoms with Crippen LogP contribution in [0.5, 0.6) is 0 Å². The van der Waals surface area contributed by atoms with Gasteiger partial charge in [-0.25, -0.2) is 13.1 Å². The molecule has 0 bridgehead atoms. The summed E-state index contributed by atoms with van der Waals surface area (Å²) in [6.45, 7) is 3.64. The van der Waals surface area contributed by atoms with Crippen LogP contribution in [0, 0.1) is 0 Å². The average Bonchev–Trinajstić information content (AvgIpc) is 2.76. The fourth-order valence-corrected chi connectivity index (χ4v) is 4.55. The van der Waals surface area contributed by atoms with Crippen LogP contribution >= 0.6 is 23.4 Å². The Morgan fingerprint density at radius 3 is 2.47 bits per heavy atom. The maximum Gasteiger partial charge on any atom is 0.253 e. The lowest BCUT2D eigenvalue weighted by molar-refractivity contribution is -0.118. The Morgan fingerprint density at radius 1 is 1.16 bits per heavy atom. The summed E-state index contributed by atoms with van der Waals surface area (Å²) in [5, 5.41) is 5.83. The Labute approximate surface area is 198 Å². The van der Waals surface area contributed by atoms with Gasteiger partial charge in [0.2, 0.25) is 15.9 Å². The molecule has 0 spiro atoms. The van der Waals surface area contributed by atoms with Gasteiger partial charge in [-0.1, -0.05) is 41.9 Å². The monoisotopic (exact) mass is 495 g/mol. The van der Waals surface area contributed by atoms with E-state index >= 15 is 0 Å². The van der Waals surface area contributed by atoms with Gasteiger partial charge in [-0.2, -0.15) is 11.8 Å². The minimum Gasteiger partial charge on any atom is -0.340 e. The molecule has 0 aliphatic rings. The largest absolute Gasteiger partial charge is 0.340 e. The molecule has 10 heteroatoms. The molecule has 2 amide bonds. The number of carbonyl (C=O) groups excluding carboxylic acids is 2. The van der Waals surface area contributed by atoms with Gasteiger partial charge in [0, 0.05) is 12.2 Å². The van der Waals surface area contributed by atoms with E-state index in [1.807, 2.05) is 6.26 Å². The topological polar surface area (TPSA) is 104 Å². The number of hydrogen-bond acceptors (Lipinski definition) is 5. The van der Waals surface area contributed by atoms with Gasteiger partial charge in [0.05, 0.1) is 16.3 Å². The van der Waals surface area contributed by atoms with Gasteiger partial charge in [0.1, 0.15) is 6.04 Å². The van der Waals surface area contributed by atoms with Crippen molar-refractivity contribution in [3.63, 3.8) is 0 Å². The molecule has 0 aliphatic heterocycles. The van der Waals surface area contributed by atoms with Crippen molar-refractivity contribution in [3.05, 3.63) is 77.3 Å². The summed E-state index contributed by atoms with van der Waals surface area (Å²) in [7, 11) is -3.47. The van der Waals surface area contributed by atoms with E-state index in [-0.39, 0.29) is 18.2 Å². The molecule has 1 atom stereocenters. The number of benzene rings is 2. The molecule has 0 aromatic heterocycles. The molecule has 172 valence electrons. The Kier molecular flexibility index (Phi) is 10.2. The summed E-state index contributed by atoms with van der Waals surface area (Å²) in [5.41, 5.74) is 1.37. The molecule has 0 saturated heterocycles. The van der Waals surface area contributed by atoms with E-state index in [4.69, 9.17) is 11.6 Å². The van der Waals surface area contributed by atoms with E-state index in [1.165, 1.54) is 6.08 Å². The van der Waals surface area contributed by atoms with Gasteiger partial charge >= 0.3 is 0 Å². The zero-order valence-electron chi connectivity index (χ0n) is 17.6. The van der Waals surface area contributed by atoms with Crippen molar-refractivity contribution in [2.45, 2.75) is 18.2 Å². The van der Waals surface area contributed by atoms with Crippen LogP contribution in [0.4, 0.5) is 5.69 Å². The summed E-state index contributed by atoms with van der Waals surface area (Å²) in [6, 6.07) is 12.4. The zero-order chi connectivity index (χ0) is 23.6. The molecule has 2 rings (SSSR count). The molecule has 0 heterocycles. The first-order valence-electron chi connectivity index (χ1n) is 9.78. The first-order chi connectivity index (χ1) is 15.3. The van der Waals surface area contributed by atoms with Crippen molar-refractivity contribution in [2.24, 2.45) is 0 Å². The van der Waals surface area contributed by atoms with Crippen molar-refractivity contribution in [1.29, 1.82) is 0 Å². The average molecular weight is 496 g/mol. The van der Waals surface area contributed by atoms with E-state index in [9.17, 15) is 18.0 Å². The number of sulfonamides is 1. The van der Waals surface area contributed by atoms with Gasteiger partial charge in [0.25, 0.3) is 5.91 Å². The lowest BCUT2D eigenvalue weighted by Crippen LogP contribution is -2.44. The fourth-order valence-electron chi connectivity index (χ4n) is 2.76. The number of rotatable bonds is 12. The van der Waals surface area contributed by atoms with Crippen LogP contribution in [0.15, 0.2) is 61.2 Å². The van der Waals surface area contributed by atoms with Crippen LogP contribution < -0.4 is 15.4 Å². The third kappa shape index (κ3) is 8.31.